The number of piperazine rings is 1. The first-order valence-corrected chi connectivity index (χ1v) is 6.57. The largest absolute Gasteiger partial charge is 0.369 e. The van der Waals surface area contributed by atoms with Crippen LogP contribution in [0.2, 0.25) is 0 Å². The van der Waals surface area contributed by atoms with Crippen molar-refractivity contribution in [3.63, 3.8) is 0 Å². The van der Waals surface area contributed by atoms with Crippen LogP contribution in [0.5, 0.6) is 0 Å². The molecule has 1 aliphatic heterocycles. The van der Waals surface area contributed by atoms with Crippen LogP contribution in [0.4, 0.5) is 5.69 Å². The van der Waals surface area contributed by atoms with Crippen LogP contribution >= 0.6 is 0 Å². The van der Waals surface area contributed by atoms with Gasteiger partial charge in [0.25, 0.3) is 0 Å². The molecule has 1 saturated heterocycles. The summed E-state index contributed by atoms with van der Waals surface area (Å²) in [6.07, 6.45) is 0. The lowest BCUT2D eigenvalue weighted by Gasteiger charge is -2.38. The standard InChI is InChI=1S/C15H24N2/c1-15(2,3)13-16-9-11-17(12-10-16)14-7-5-4-6-8-14/h4-8H,9-13H2,1-3H3. The first-order chi connectivity index (χ1) is 8.04. The predicted molar refractivity (Wildman–Crippen MR) is 74.6 cm³/mol. The molecule has 17 heavy (non-hydrogen) atoms. The first-order valence-electron chi connectivity index (χ1n) is 6.57. The van der Waals surface area contributed by atoms with E-state index in [2.05, 4.69) is 60.9 Å². The summed E-state index contributed by atoms with van der Waals surface area (Å²) in [4.78, 5) is 5.07. The van der Waals surface area contributed by atoms with Crippen LogP contribution in [-0.4, -0.2) is 37.6 Å². The van der Waals surface area contributed by atoms with Crippen molar-refractivity contribution in [1.29, 1.82) is 0 Å². The Kier molecular flexibility index (Phi) is 3.72. The molecular weight excluding hydrogens is 208 g/mol. The average Bonchev–Trinajstić information content (AvgIpc) is 2.29. The Morgan fingerprint density at radius 3 is 2.06 bits per heavy atom. The lowest BCUT2D eigenvalue weighted by molar-refractivity contribution is 0.182. The summed E-state index contributed by atoms with van der Waals surface area (Å²) in [7, 11) is 0. The Bertz CT molecular complexity index is 332. The monoisotopic (exact) mass is 232 g/mol. The SMILES string of the molecule is CC(C)(C)CN1CCN(c2ccccc2)CC1. The second-order valence-corrected chi connectivity index (χ2v) is 6.16. The number of hydrogen-bond donors (Lipinski definition) is 0. The molecule has 1 aromatic carbocycles. The van der Waals surface area contributed by atoms with Gasteiger partial charge >= 0.3 is 0 Å². The van der Waals surface area contributed by atoms with Crippen molar-refractivity contribution < 1.29 is 0 Å². The molecule has 0 aromatic heterocycles. The fourth-order valence-corrected chi connectivity index (χ4v) is 2.47. The maximum atomic E-state index is 2.58. The van der Waals surface area contributed by atoms with Crippen LogP contribution in [0.25, 0.3) is 0 Å². The van der Waals surface area contributed by atoms with Gasteiger partial charge in [0.15, 0.2) is 0 Å². The highest BCUT2D eigenvalue weighted by Gasteiger charge is 2.21. The third kappa shape index (κ3) is 3.74. The number of anilines is 1. The van der Waals surface area contributed by atoms with Gasteiger partial charge in [-0.25, -0.2) is 0 Å². The molecule has 0 spiro atoms. The smallest absolute Gasteiger partial charge is 0.0367 e. The van der Waals surface area contributed by atoms with E-state index in [-0.39, 0.29) is 0 Å². The number of rotatable bonds is 2. The second kappa shape index (κ2) is 5.09. The summed E-state index contributed by atoms with van der Waals surface area (Å²) in [6.45, 7) is 12.8. The molecule has 0 unspecified atom stereocenters. The molecule has 1 fully saturated rings. The van der Waals surface area contributed by atoms with E-state index in [9.17, 15) is 0 Å². The Balaban J connectivity index is 1.86. The molecule has 1 aliphatic rings. The van der Waals surface area contributed by atoms with Gasteiger partial charge in [-0.2, -0.15) is 0 Å². The van der Waals surface area contributed by atoms with E-state index in [0.29, 0.717) is 5.41 Å². The lowest BCUT2D eigenvalue weighted by atomic mass is 9.96. The van der Waals surface area contributed by atoms with Crippen LogP contribution < -0.4 is 4.90 Å². The van der Waals surface area contributed by atoms with Gasteiger partial charge in [-0.1, -0.05) is 39.0 Å². The summed E-state index contributed by atoms with van der Waals surface area (Å²) in [5.41, 5.74) is 1.78. The Labute approximate surface area is 105 Å². The quantitative estimate of drug-likeness (QED) is 0.773. The molecule has 0 amide bonds. The van der Waals surface area contributed by atoms with Crippen molar-refractivity contribution in [2.24, 2.45) is 5.41 Å². The van der Waals surface area contributed by atoms with E-state index in [1.54, 1.807) is 0 Å². The van der Waals surface area contributed by atoms with Crippen molar-refractivity contribution in [3.8, 4) is 0 Å². The highest BCUT2D eigenvalue weighted by molar-refractivity contribution is 5.46. The van der Waals surface area contributed by atoms with Gasteiger partial charge in [0, 0.05) is 38.4 Å². The third-order valence-electron chi connectivity index (χ3n) is 3.19. The van der Waals surface area contributed by atoms with Crippen molar-refractivity contribution >= 4 is 5.69 Å². The Morgan fingerprint density at radius 1 is 0.941 bits per heavy atom. The molecule has 94 valence electrons. The number of benzene rings is 1. The highest BCUT2D eigenvalue weighted by atomic mass is 15.3. The molecule has 2 nitrogen and oxygen atoms in total. The zero-order valence-corrected chi connectivity index (χ0v) is 11.3. The molecule has 0 N–H and O–H groups in total. The third-order valence-corrected chi connectivity index (χ3v) is 3.19. The Morgan fingerprint density at radius 2 is 1.53 bits per heavy atom. The minimum absolute atomic E-state index is 0.412. The topological polar surface area (TPSA) is 6.48 Å². The summed E-state index contributed by atoms with van der Waals surface area (Å²) < 4.78 is 0. The molecule has 0 atom stereocenters. The summed E-state index contributed by atoms with van der Waals surface area (Å²) in [6, 6.07) is 10.7. The number of nitrogens with zero attached hydrogens (tertiary/aromatic N) is 2. The average molecular weight is 232 g/mol. The summed E-state index contributed by atoms with van der Waals surface area (Å²) in [5, 5.41) is 0. The molecule has 0 radical (unpaired) electrons. The highest BCUT2D eigenvalue weighted by Crippen LogP contribution is 2.19. The van der Waals surface area contributed by atoms with Crippen LogP contribution in [0.3, 0.4) is 0 Å². The van der Waals surface area contributed by atoms with Gasteiger partial charge in [-0.3, -0.25) is 4.90 Å². The van der Waals surface area contributed by atoms with E-state index < -0.39 is 0 Å². The van der Waals surface area contributed by atoms with Crippen LogP contribution in [0, 0.1) is 5.41 Å². The minimum atomic E-state index is 0.412. The minimum Gasteiger partial charge on any atom is -0.369 e. The van der Waals surface area contributed by atoms with E-state index in [1.165, 1.54) is 25.3 Å². The molecule has 2 rings (SSSR count). The van der Waals surface area contributed by atoms with Crippen LogP contribution in [0.1, 0.15) is 20.8 Å². The van der Waals surface area contributed by atoms with Crippen molar-refractivity contribution in [1.82, 2.24) is 4.90 Å². The zero-order chi connectivity index (χ0) is 12.3. The maximum absolute atomic E-state index is 2.58. The number of para-hydroxylation sites is 1. The molecular formula is C15H24N2. The van der Waals surface area contributed by atoms with Gasteiger partial charge in [0.05, 0.1) is 0 Å². The van der Waals surface area contributed by atoms with Crippen molar-refractivity contribution in [2.45, 2.75) is 20.8 Å². The number of hydrogen-bond acceptors (Lipinski definition) is 2. The molecule has 0 saturated carbocycles. The molecule has 1 aromatic rings. The molecule has 0 aliphatic carbocycles. The van der Waals surface area contributed by atoms with Crippen molar-refractivity contribution in [3.05, 3.63) is 30.3 Å². The predicted octanol–water partition coefficient (Wildman–Crippen LogP) is 2.85. The van der Waals surface area contributed by atoms with Gasteiger partial charge in [-0.05, 0) is 17.5 Å². The summed E-state index contributed by atoms with van der Waals surface area (Å²) >= 11 is 0. The first kappa shape index (κ1) is 12.4. The lowest BCUT2D eigenvalue weighted by Crippen LogP contribution is -2.48. The van der Waals surface area contributed by atoms with Gasteiger partial charge < -0.3 is 4.90 Å². The van der Waals surface area contributed by atoms with Gasteiger partial charge in [0.1, 0.15) is 0 Å². The summed E-state index contributed by atoms with van der Waals surface area (Å²) in [5.74, 6) is 0. The van der Waals surface area contributed by atoms with E-state index in [0.717, 1.165) is 13.1 Å². The fraction of sp³-hybridized carbons (Fsp3) is 0.600. The van der Waals surface area contributed by atoms with E-state index in [1.807, 2.05) is 0 Å². The van der Waals surface area contributed by atoms with Gasteiger partial charge in [0.2, 0.25) is 0 Å². The zero-order valence-electron chi connectivity index (χ0n) is 11.3. The molecule has 2 heteroatoms. The van der Waals surface area contributed by atoms with E-state index in [4.69, 9.17) is 0 Å². The second-order valence-electron chi connectivity index (χ2n) is 6.16. The maximum Gasteiger partial charge on any atom is 0.0367 e. The Hall–Kier alpha value is -1.02. The molecule has 1 heterocycles. The van der Waals surface area contributed by atoms with E-state index >= 15 is 0 Å². The normalized spacial score (nSPS) is 18.4. The van der Waals surface area contributed by atoms with Crippen LogP contribution in [-0.2, 0) is 0 Å². The fourth-order valence-electron chi connectivity index (χ4n) is 2.47. The van der Waals surface area contributed by atoms with Crippen molar-refractivity contribution in [2.75, 3.05) is 37.6 Å². The van der Waals surface area contributed by atoms with Crippen LogP contribution in [0.15, 0.2) is 30.3 Å². The molecule has 0 bridgehead atoms. The van der Waals surface area contributed by atoms with Gasteiger partial charge in [-0.15, -0.1) is 0 Å².